The minimum atomic E-state index is -4.41. The summed E-state index contributed by atoms with van der Waals surface area (Å²) in [5.41, 5.74) is 6.43. The molecule has 0 bridgehead atoms. The second-order valence-electron chi connectivity index (χ2n) is 12.8. The zero-order valence-electron chi connectivity index (χ0n) is 27.1. The van der Waals surface area contributed by atoms with Crippen LogP contribution in [0.4, 0.5) is 0 Å². The molecule has 8 N–H and O–H groups in total. The Balaban J connectivity index is 1.59. The number of sulfonamides is 1. The van der Waals surface area contributed by atoms with Crippen molar-refractivity contribution in [2.24, 2.45) is 11.1 Å². The minimum Gasteiger partial charge on any atom is -0.480 e. The molecule has 1 fully saturated rings. The number of carboxylic acid groups (broad SMARTS) is 1. The molecule has 0 radical (unpaired) electrons. The van der Waals surface area contributed by atoms with Crippen LogP contribution in [0.5, 0.6) is 0 Å². The van der Waals surface area contributed by atoms with Crippen LogP contribution in [-0.2, 0) is 41.8 Å². The van der Waals surface area contributed by atoms with E-state index >= 15 is 0 Å². The van der Waals surface area contributed by atoms with Crippen molar-refractivity contribution < 1.29 is 37.4 Å². The first kappa shape index (κ1) is 37.3. The molecule has 1 aromatic heterocycles. The van der Waals surface area contributed by atoms with Crippen molar-refractivity contribution in [1.82, 2.24) is 20.3 Å². The molecule has 262 valence electrons. The van der Waals surface area contributed by atoms with Gasteiger partial charge in [-0.15, -0.1) is 0 Å². The highest BCUT2D eigenvalue weighted by molar-refractivity contribution is 7.88. The fourth-order valence-corrected chi connectivity index (χ4v) is 9.59. The Kier molecular flexibility index (Phi) is 12.6. The van der Waals surface area contributed by atoms with E-state index in [9.17, 15) is 37.4 Å². The highest BCUT2D eigenvalue weighted by Crippen LogP contribution is 2.55. The molecular formula is C33H46N5O8PS. The van der Waals surface area contributed by atoms with Crippen molar-refractivity contribution in [1.29, 1.82) is 0 Å². The molecule has 1 aliphatic carbocycles. The molecule has 15 heteroatoms. The van der Waals surface area contributed by atoms with Crippen LogP contribution < -0.4 is 21.1 Å². The second kappa shape index (κ2) is 16.2. The summed E-state index contributed by atoms with van der Waals surface area (Å²) in [7, 11) is -8.21. The fourth-order valence-electron chi connectivity index (χ4n) is 6.48. The molecule has 48 heavy (non-hydrogen) atoms. The van der Waals surface area contributed by atoms with E-state index in [1.165, 1.54) is 0 Å². The number of unbranched alkanes of at least 4 members (excludes halogenated alkanes) is 1. The lowest BCUT2D eigenvalue weighted by Crippen LogP contribution is -2.52. The largest absolute Gasteiger partial charge is 0.480 e. The Morgan fingerprint density at radius 3 is 2.29 bits per heavy atom. The standard InChI is InChI=1S/C33H46N5O8PS/c1-48(45,46)38-27(15-7-10-18-34)30(39)37-29(19-23-11-3-2-4-12-23)47(43,44)22-33(16-8-9-17-33)32(42)36-28(31(40)41)20-24-21-35-26-14-6-5-13-25(24)26/h2-6,11-14,21,27-29,35,38H,7-10,15-20,22,34H2,1H3,(H,36,42)(H,37,39)(H,40,41)(H,43,44)/t27-,28-,29-/m0/s1. The van der Waals surface area contributed by atoms with Crippen molar-refractivity contribution in [3.8, 4) is 0 Å². The molecule has 2 aromatic carbocycles. The first-order chi connectivity index (χ1) is 22.7. The minimum absolute atomic E-state index is 0.00350. The molecule has 1 unspecified atom stereocenters. The number of aromatic nitrogens is 1. The van der Waals surface area contributed by atoms with Crippen LogP contribution in [0.2, 0.25) is 0 Å². The van der Waals surface area contributed by atoms with Crippen LogP contribution in [0.3, 0.4) is 0 Å². The normalized spacial score (nSPS) is 17.6. The highest BCUT2D eigenvalue weighted by atomic mass is 32.2. The Bertz CT molecular complexity index is 1730. The molecule has 4 rings (SSSR count). The van der Waals surface area contributed by atoms with Crippen LogP contribution in [0, 0.1) is 5.41 Å². The lowest BCUT2D eigenvalue weighted by molar-refractivity contribution is -0.143. The number of benzene rings is 2. The number of carboxylic acids is 1. The molecule has 2 amide bonds. The van der Waals surface area contributed by atoms with Gasteiger partial charge in [-0.05, 0) is 49.4 Å². The maximum Gasteiger partial charge on any atom is 0.326 e. The third-order valence-corrected chi connectivity index (χ3v) is 12.0. The smallest absolute Gasteiger partial charge is 0.326 e. The second-order valence-corrected chi connectivity index (χ2v) is 17.0. The van der Waals surface area contributed by atoms with Gasteiger partial charge in [-0.25, -0.2) is 17.9 Å². The number of H-pyrrole nitrogens is 1. The zero-order chi connectivity index (χ0) is 35.0. The molecule has 13 nitrogen and oxygen atoms in total. The number of nitrogens with one attached hydrogen (secondary N) is 4. The first-order valence-corrected chi connectivity index (χ1v) is 20.0. The monoisotopic (exact) mass is 703 g/mol. The maximum atomic E-state index is 14.4. The van der Waals surface area contributed by atoms with Gasteiger partial charge in [-0.1, -0.05) is 67.8 Å². The number of nitrogens with two attached hydrogens (primary N) is 1. The Morgan fingerprint density at radius 1 is 0.979 bits per heavy atom. The fraction of sp³-hybridized carbons (Fsp3) is 0.485. The number of aromatic amines is 1. The van der Waals surface area contributed by atoms with Crippen LogP contribution in [0.15, 0.2) is 60.8 Å². The van der Waals surface area contributed by atoms with Gasteiger partial charge in [0.15, 0.2) is 0 Å². The van der Waals surface area contributed by atoms with Gasteiger partial charge in [-0.3, -0.25) is 14.2 Å². The Labute approximate surface area is 281 Å². The predicted molar refractivity (Wildman–Crippen MR) is 184 cm³/mol. The van der Waals surface area contributed by atoms with E-state index in [4.69, 9.17) is 5.73 Å². The molecule has 1 heterocycles. The molecule has 0 aliphatic heterocycles. The summed E-state index contributed by atoms with van der Waals surface area (Å²) in [5.74, 6) is -3.97. The molecule has 1 saturated carbocycles. The van der Waals surface area contributed by atoms with Crippen LogP contribution in [0.1, 0.15) is 56.1 Å². The molecular weight excluding hydrogens is 657 g/mol. The van der Waals surface area contributed by atoms with E-state index in [0.29, 0.717) is 43.4 Å². The number of hydrogen-bond donors (Lipinski definition) is 7. The lowest BCUT2D eigenvalue weighted by atomic mass is 9.87. The number of carbonyl (C=O) groups excluding carboxylic acids is 2. The SMILES string of the molecule is CS(=O)(=O)N[C@@H](CCCCN)C(=O)N[C@H](Cc1ccccc1)P(=O)(O)CC1(C(=O)N[C@@H](Cc2c[nH]c3ccccc23)C(=O)O)CCCC1. The molecule has 0 saturated heterocycles. The van der Waals surface area contributed by atoms with Gasteiger partial charge in [0, 0.05) is 36.1 Å². The van der Waals surface area contributed by atoms with Gasteiger partial charge >= 0.3 is 5.97 Å². The number of aliphatic carboxylic acids is 1. The Morgan fingerprint density at radius 2 is 1.65 bits per heavy atom. The van der Waals surface area contributed by atoms with Gasteiger partial charge in [0.25, 0.3) is 0 Å². The average molecular weight is 704 g/mol. The van der Waals surface area contributed by atoms with Crippen molar-refractivity contribution >= 4 is 46.1 Å². The van der Waals surface area contributed by atoms with Gasteiger partial charge < -0.3 is 31.4 Å². The number of amides is 2. The van der Waals surface area contributed by atoms with Crippen LogP contribution >= 0.6 is 7.37 Å². The molecule has 4 atom stereocenters. The first-order valence-electron chi connectivity index (χ1n) is 16.1. The summed E-state index contributed by atoms with van der Waals surface area (Å²) in [6.07, 6.45) is 4.98. The van der Waals surface area contributed by atoms with E-state index in [1.807, 2.05) is 24.3 Å². The van der Waals surface area contributed by atoms with Gasteiger partial charge in [-0.2, -0.15) is 0 Å². The van der Waals surface area contributed by atoms with Gasteiger partial charge in [0.1, 0.15) is 17.9 Å². The molecule has 1 aliphatic rings. The molecule has 3 aromatic rings. The number of carbonyl (C=O) groups is 3. The molecule has 0 spiro atoms. The summed E-state index contributed by atoms with van der Waals surface area (Å²) in [5, 5.41) is 16.2. The van der Waals surface area contributed by atoms with E-state index in [1.54, 1.807) is 36.5 Å². The zero-order valence-corrected chi connectivity index (χ0v) is 28.8. The number of hydrogen-bond acceptors (Lipinski definition) is 7. The van der Waals surface area contributed by atoms with Crippen molar-refractivity contribution in [2.75, 3.05) is 19.0 Å². The Hall–Kier alpha value is -3.55. The van der Waals surface area contributed by atoms with Gasteiger partial charge in [0.2, 0.25) is 29.2 Å². The third kappa shape index (κ3) is 9.99. The topological polar surface area (TPSA) is 221 Å². The van der Waals surface area contributed by atoms with E-state index in [0.717, 1.165) is 17.2 Å². The van der Waals surface area contributed by atoms with E-state index < -0.39 is 64.6 Å². The number of fused-ring (bicyclic) bond motifs is 1. The van der Waals surface area contributed by atoms with Crippen molar-refractivity contribution in [2.45, 2.75) is 75.7 Å². The third-order valence-electron chi connectivity index (χ3n) is 8.96. The summed E-state index contributed by atoms with van der Waals surface area (Å²) >= 11 is 0. The maximum absolute atomic E-state index is 14.4. The quantitative estimate of drug-likeness (QED) is 0.0764. The highest BCUT2D eigenvalue weighted by Gasteiger charge is 2.49. The average Bonchev–Trinajstić information content (AvgIpc) is 3.67. The lowest BCUT2D eigenvalue weighted by Gasteiger charge is -2.34. The summed E-state index contributed by atoms with van der Waals surface area (Å²) in [4.78, 5) is 54.7. The summed E-state index contributed by atoms with van der Waals surface area (Å²) < 4.78 is 40.9. The van der Waals surface area contributed by atoms with E-state index in [2.05, 4.69) is 20.3 Å². The van der Waals surface area contributed by atoms with E-state index in [-0.39, 0.29) is 32.1 Å². The summed E-state index contributed by atoms with van der Waals surface area (Å²) in [6, 6.07) is 13.7. The van der Waals surface area contributed by atoms with Crippen LogP contribution in [-0.4, -0.2) is 78.0 Å². The number of rotatable bonds is 18. The number of para-hydroxylation sites is 1. The summed E-state index contributed by atoms with van der Waals surface area (Å²) in [6.45, 7) is 0.352. The van der Waals surface area contributed by atoms with Crippen molar-refractivity contribution in [3.63, 3.8) is 0 Å². The van der Waals surface area contributed by atoms with Crippen LogP contribution in [0.25, 0.3) is 10.9 Å². The van der Waals surface area contributed by atoms with Crippen molar-refractivity contribution in [3.05, 3.63) is 71.9 Å². The predicted octanol–water partition coefficient (Wildman–Crippen LogP) is 2.84. The van der Waals surface area contributed by atoms with Gasteiger partial charge in [0.05, 0.1) is 11.7 Å².